The third kappa shape index (κ3) is 2.03. The highest BCUT2D eigenvalue weighted by Crippen LogP contribution is 2.35. The number of aromatic nitrogens is 1. The number of hydrogen-bond acceptors (Lipinski definition) is 3. The second-order valence-electron chi connectivity index (χ2n) is 5.05. The quantitative estimate of drug-likeness (QED) is 0.729. The Bertz CT molecular complexity index is 781. The lowest BCUT2D eigenvalue weighted by Gasteiger charge is -2.24. The molecule has 0 fully saturated rings. The van der Waals surface area contributed by atoms with Gasteiger partial charge in [0.25, 0.3) is 0 Å². The van der Waals surface area contributed by atoms with E-state index in [-0.39, 0.29) is 0 Å². The van der Waals surface area contributed by atoms with Crippen LogP contribution in [0.25, 0.3) is 10.2 Å². The molecule has 1 aliphatic heterocycles. The molecule has 2 heterocycles. The standard InChI is InChI=1S/C16H13ClN2S/c17-11-5-6-14-15(7-11)20-16(19-14)13-9-18-8-10-3-1-2-4-12(10)13/h1-7,13,18H,8-9H2. The number of benzene rings is 2. The van der Waals surface area contributed by atoms with Crippen molar-refractivity contribution in [3.63, 3.8) is 0 Å². The van der Waals surface area contributed by atoms with E-state index in [9.17, 15) is 0 Å². The maximum Gasteiger partial charge on any atom is 0.103 e. The van der Waals surface area contributed by atoms with Crippen molar-refractivity contribution in [1.82, 2.24) is 10.3 Å². The Balaban J connectivity index is 1.84. The van der Waals surface area contributed by atoms with Gasteiger partial charge in [0.15, 0.2) is 0 Å². The van der Waals surface area contributed by atoms with Gasteiger partial charge < -0.3 is 5.32 Å². The molecule has 1 aliphatic rings. The zero-order valence-corrected chi connectivity index (χ0v) is 12.3. The molecule has 0 saturated heterocycles. The third-order valence-corrected chi connectivity index (χ3v) is 5.13. The van der Waals surface area contributed by atoms with E-state index in [0.29, 0.717) is 5.92 Å². The molecule has 1 unspecified atom stereocenters. The van der Waals surface area contributed by atoms with E-state index in [4.69, 9.17) is 16.6 Å². The van der Waals surface area contributed by atoms with Gasteiger partial charge in [-0.15, -0.1) is 11.3 Å². The molecule has 1 atom stereocenters. The smallest absolute Gasteiger partial charge is 0.103 e. The number of nitrogens with one attached hydrogen (secondary N) is 1. The first-order chi connectivity index (χ1) is 9.81. The average molecular weight is 301 g/mol. The molecule has 2 nitrogen and oxygen atoms in total. The van der Waals surface area contributed by atoms with E-state index in [2.05, 4.69) is 29.6 Å². The minimum Gasteiger partial charge on any atom is -0.312 e. The molecule has 1 aromatic heterocycles. The Labute approximate surface area is 126 Å². The molecule has 0 aliphatic carbocycles. The zero-order chi connectivity index (χ0) is 13.5. The maximum absolute atomic E-state index is 6.06. The highest BCUT2D eigenvalue weighted by atomic mass is 35.5. The monoisotopic (exact) mass is 300 g/mol. The summed E-state index contributed by atoms with van der Waals surface area (Å²) in [5.41, 5.74) is 3.81. The van der Waals surface area contributed by atoms with Crippen LogP contribution in [0.1, 0.15) is 22.1 Å². The molecular formula is C16H13ClN2S. The molecule has 0 saturated carbocycles. The van der Waals surface area contributed by atoms with Crippen LogP contribution < -0.4 is 5.32 Å². The number of halogens is 1. The third-order valence-electron chi connectivity index (χ3n) is 3.76. The fourth-order valence-corrected chi connectivity index (χ4v) is 4.14. The van der Waals surface area contributed by atoms with Crippen LogP contribution in [0.3, 0.4) is 0 Å². The summed E-state index contributed by atoms with van der Waals surface area (Å²) >= 11 is 7.81. The summed E-state index contributed by atoms with van der Waals surface area (Å²) in [7, 11) is 0. The van der Waals surface area contributed by atoms with Crippen LogP contribution in [-0.4, -0.2) is 11.5 Å². The van der Waals surface area contributed by atoms with Crippen molar-refractivity contribution in [2.24, 2.45) is 0 Å². The first kappa shape index (κ1) is 12.3. The van der Waals surface area contributed by atoms with E-state index in [1.807, 2.05) is 18.2 Å². The van der Waals surface area contributed by atoms with Crippen LogP contribution in [0, 0.1) is 0 Å². The van der Waals surface area contributed by atoms with Crippen LogP contribution in [0.5, 0.6) is 0 Å². The lowest BCUT2D eigenvalue weighted by molar-refractivity contribution is 0.590. The molecule has 4 heteroatoms. The summed E-state index contributed by atoms with van der Waals surface area (Å²) in [6.45, 7) is 1.90. The van der Waals surface area contributed by atoms with E-state index in [1.54, 1.807) is 11.3 Å². The molecule has 2 aromatic carbocycles. The molecule has 0 spiro atoms. The predicted octanol–water partition coefficient (Wildman–Crippen LogP) is 4.18. The lowest BCUT2D eigenvalue weighted by atomic mass is 9.91. The fourth-order valence-electron chi connectivity index (χ4n) is 2.78. The summed E-state index contributed by atoms with van der Waals surface area (Å²) in [6, 6.07) is 14.5. The number of thiazole rings is 1. The Kier molecular flexibility index (Phi) is 2.99. The normalized spacial score (nSPS) is 18.1. The Hall–Kier alpha value is -1.42. The van der Waals surface area contributed by atoms with Crippen molar-refractivity contribution in [3.8, 4) is 0 Å². The van der Waals surface area contributed by atoms with Gasteiger partial charge in [-0.25, -0.2) is 4.98 Å². The highest BCUT2D eigenvalue weighted by molar-refractivity contribution is 7.18. The van der Waals surface area contributed by atoms with Crippen molar-refractivity contribution in [1.29, 1.82) is 0 Å². The van der Waals surface area contributed by atoms with Gasteiger partial charge in [0.05, 0.1) is 10.2 Å². The average Bonchev–Trinajstić information content (AvgIpc) is 2.89. The van der Waals surface area contributed by atoms with Crippen LogP contribution in [0.2, 0.25) is 5.02 Å². The van der Waals surface area contributed by atoms with Gasteiger partial charge in [-0.3, -0.25) is 0 Å². The molecule has 1 N–H and O–H groups in total. The Morgan fingerprint density at radius 1 is 1.20 bits per heavy atom. The summed E-state index contributed by atoms with van der Waals surface area (Å²) in [5, 5.41) is 5.43. The van der Waals surface area contributed by atoms with Gasteiger partial charge in [0, 0.05) is 24.0 Å². The van der Waals surface area contributed by atoms with Crippen LogP contribution >= 0.6 is 22.9 Å². The van der Waals surface area contributed by atoms with Crippen molar-refractivity contribution >= 4 is 33.2 Å². The maximum atomic E-state index is 6.06. The van der Waals surface area contributed by atoms with Gasteiger partial charge in [-0.05, 0) is 29.3 Å². The van der Waals surface area contributed by atoms with Crippen molar-refractivity contribution in [2.45, 2.75) is 12.5 Å². The van der Waals surface area contributed by atoms with Gasteiger partial charge >= 0.3 is 0 Å². The predicted molar refractivity (Wildman–Crippen MR) is 84.6 cm³/mol. The van der Waals surface area contributed by atoms with Gasteiger partial charge in [0.1, 0.15) is 5.01 Å². The minimum atomic E-state index is 0.344. The molecule has 100 valence electrons. The Morgan fingerprint density at radius 3 is 3.05 bits per heavy atom. The largest absolute Gasteiger partial charge is 0.312 e. The second-order valence-corrected chi connectivity index (χ2v) is 6.55. The number of rotatable bonds is 1. The number of fused-ring (bicyclic) bond motifs is 2. The SMILES string of the molecule is Clc1ccc2nc(C3CNCc4ccccc43)sc2c1. The highest BCUT2D eigenvalue weighted by Gasteiger charge is 2.24. The van der Waals surface area contributed by atoms with Crippen molar-refractivity contribution in [2.75, 3.05) is 6.54 Å². The van der Waals surface area contributed by atoms with E-state index in [0.717, 1.165) is 28.3 Å². The zero-order valence-electron chi connectivity index (χ0n) is 10.8. The van der Waals surface area contributed by atoms with Crippen LogP contribution in [0.15, 0.2) is 42.5 Å². The molecule has 20 heavy (non-hydrogen) atoms. The van der Waals surface area contributed by atoms with E-state index >= 15 is 0 Å². The van der Waals surface area contributed by atoms with Crippen LogP contribution in [0.4, 0.5) is 0 Å². The molecular weight excluding hydrogens is 288 g/mol. The second kappa shape index (κ2) is 4.85. The Morgan fingerprint density at radius 2 is 2.10 bits per heavy atom. The van der Waals surface area contributed by atoms with Gasteiger partial charge in [0.2, 0.25) is 0 Å². The van der Waals surface area contributed by atoms with Gasteiger partial charge in [-0.2, -0.15) is 0 Å². The number of nitrogens with zero attached hydrogens (tertiary/aromatic N) is 1. The summed E-state index contributed by atoms with van der Waals surface area (Å²) in [5.74, 6) is 0.344. The fraction of sp³-hybridized carbons (Fsp3) is 0.188. The first-order valence-corrected chi connectivity index (χ1v) is 7.85. The van der Waals surface area contributed by atoms with Crippen molar-refractivity contribution in [3.05, 3.63) is 63.6 Å². The van der Waals surface area contributed by atoms with Crippen molar-refractivity contribution < 1.29 is 0 Å². The van der Waals surface area contributed by atoms with E-state index in [1.165, 1.54) is 16.1 Å². The van der Waals surface area contributed by atoms with Gasteiger partial charge in [-0.1, -0.05) is 35.9 Å². The minimum absolute atomic E-state index is 0.344. The summed E-state index contributed by atoms with van der Waals surface area (Å²) in [4.78, 5) is 4.80. The summed E-state index contributed by atoms with van der Waals surface area (Å²) < 4.78 is 1.16. The molecule has 4 rings (SSSR count). The molecule has 3 aromatic rings. The first-order valence-electron chi connectivity index (χ1n) is 6.66. The molecule has 0 bridgehead atoms. The lowest BCUT2D eigenvalue weighted by Crippen LogP contribution is -2.28. The molecule has 0 radical (unpaired) electrons. The topological polar surface area (TPSA) is 24.9 Å². The van der Waals surface area contributed by atoms with Crippen LogP contribution in [-0.2, 0) is 6.54 Å². The molecule has 0 amide bonds. The summed E-state index contributed by atoms with van der Waals surface area (Å²) in [6.07, 6.45) is 0. The number of hydrogen-bond donors (Lipinski definition) is 1. The van der Waals surface area contributed by atoms with E-state index < -0.39 is 0 Å².